The third-order valence-electron chi connectivity index (χ3n) is 1.92. The zero-order chi connectivity index (χ0) is 12.9. The molecular formula is C11H21N5O. The maximum Gasteiger partial charge on any atom is 0.228 e. The van der Waals surface area contributed by atoms with E-state index in [1.54, 1.807) is 14.0 Å². The van der Waals surface area contributed by atoms with Crippen LogP contribution in [0.3, 0.4) is 0 Å². The van der Waals surface area contributed by atoms with Gasteiger partial charge in [-0.05, 0) is 27.7 Å². The quantitative estimate of drug-likeness (QED) is 0.605. The van der Waals surface area contributed by atoms with Gasteiger partial charge >= 0.3 is 0 Å². The smallest absolute Gasteiger partial charge is 0.228 e. The highest BCUT2D eigenvalue weighted by atomic mass is 16.5. The zero-order valence-corrected chi connectivity index (χ0v) is 11.2. The molecule has 1 aromatic heterocycles. The van der Waals surface area contributed by atoms with Crippen molar-refractivity contribution < 1.29 is 4.52 Å². The fourth-order valence-corrected chi connectivity index (χ4v) is 1.26. The fraction of sp³-hybridized carbons (Fsp3) is 0.727. The summed E-state index contributed by atoms with van der Waals surface area (Å²) < 4.78 is 5.02. The molecule has 6 heteroatoms. The first-order valence-electron chi connectivity index (χ1n) is 5.69. The van der Waals surface area contributed by atoms with Crippen LogP contribution in [-0.4, -0.2) is 35.2 Å². The van der Waals surface area contributed by atoms with Gasteiger partial charge in [0, 0.05) is 25.6 Å². The SMILES string of the molecule is CN=C(NCCc1nc(C)no1)NC(C)(C)C. The first kappa shape index (κ1) is 13.5. The van der Waals surface area contributed by atoms with Crippen LogP contribution < -0.4 is 10.6 Å². The van der Waals surface area contributed by atoms with E-state index in [9.17, 15) is 0 Å². The van der Waals surface area contributed by atoms with Crippen LogP contribution in [-0.2, 0) is 6.42 Å². The van der Waals surface area contributed by atoms with E-state index < -0.39 is 0 Å². The van der Waals surface area contributed by atoms with Crippen LogP contribution in [0, 0.1) is 6.92 Å². The van der Waals surface area contributed by atoms with Crippen LogP contribution >= 0.6 is 0 Å². The standard InChI is InChI=1S/C11H21N5O/c1-8-14-9(17-16-8)6-7-13-10(12-5)15-11(2,3)4/h6-7H2,1-5H3,(H2,12,13,15). The number of aliphatic imine (C=N–C) groups is 1. The van der Waals surface area contributed by atoms with Gasteiger partial charge in [0.25, 0.3) is 0 Å². The van der Waals surface area contributed by atoms with Crippen molar-refractivity contribution in [3.63, 3.8) is 0 Å². The molecule has 96 valence electrons. The molecule has 0 aliphatic heterocycles. The van der Waals surface area contributed by atoms with Crippen molar-refractivity contribution in [2.45, 2.75) is 39.7 Å². The van der Waals surface area contributed by atoms with Gasteiger partial charge in [-0.3, -0.25) is 4.99 Å². The van der Waals surface area contributed by atoms with Crippen LogP contribution in [0.15, 0.2) is 9.52 Å². The largest absolute Gasteiger partial charge is 0.356 e. The minimum Gasteiger partial charge on any atom is -0.356 e. The molecule has 0 saturated heterocycles. The summed E-state index contributed by atoms with van der Waals surface area (Å²) in [7, 11) is 1.75. The number of aryl methyl sites for hydroxylation is 1. The third kappa shape index (κ3) is 5.33. The molecule has 0 fully saturated rings. The summed E-state index contributed by atoms with van der Waals surface area (Å²) in [6, 6.07) is 0. The third-order valence-corrected chi connectivity index (χ3v) is 1.92. The predicted molar refractivity (Wildman–Crippen MR) is 67.0 cm³/mol. The van der Waals surface area contributed by atoms with Crippen molar-refractivity contribution in [1.29, 1.82) is 0 Å². The minimum atomic E-state index is -0.0110. The van der Waals surface area contributed by atoms with Crippen molar-refractivity contribution in [3.05, 3.63) is 11.7 Å². The van der Waals surface area contributed by atoms with Crippen LogP contribution in [0.4, 0.5) is 0 Å². The Morgan fingerprint density at radius 3 is 2.59 bits per heavy atom. The summed E-state index contributed by atoms with van der Waals surface area (Å²) in [5, 5.41) is 10.2. The van der Waals surface area contributed by atoms with Gasteiger partial charge in [0.15, 0.2) is 11.8 Å². The first-order valence-corrected chi connectivity index (χ1v) is 5.69. The molecular weight excluding hydrogens is 218 g/mol. The molecule has 17 heavy (non-hydrogen) atoms. The lowest BCUT2D eigenvalue weighted by Crippen LogP contribution is -2.48. The zero-order valence-electron chi connectivity index (χ0n) is 11.2. The van der Waals surface area contributed by atoms with Crippen LogP contribution in [0.5, 0.6) is 0 Å². The summed E-state index contributed by atoms with van der Waals surface area (Å²) in [5.41, 5.74) is -0.0110. The maximum absolute atomic E-state index is 5.02. The molecule has 1 rings (SSSR count). The van der Waals surface area contributed by atoms with Crippen molar-refractivity contribution >= 4 is 5.96 Å². The minimum absolute atomic E-state index is 0.0110. The highest BCUT2D eigenvalue weighted by molar-refractivity contribution is 5.80. The fourth-order valence-electron chi connectivity index (χ4n) is 1.26. The molecule has 2 N–H and O–H groups in total. The van der Waals surface area contributed by atoms with Gasteiger partial charge < -0.3 is 15.2 Å². The molecule has 0 atom stereocenters. The topological polar surface area (TPSA) is 75.3 Å². The van der Waals surface area contributed by atoms with Crippen molar-refractivity contribution in [2.24, 2.45) is 4.99 Å². The summed E-state index contributed by atoms with van der Waals surface area (Å²) in [6.45, 7) is 8.77. The lowest BCUT2D eigenvalue weighted by molar-refractivity contribution is 0.374. The second-order valence-electron chi connectivity index (χ2n) is 4.86. The number of hydrogen-bond donors (Lipinski definition) is 2. The Labute approximate surface area is 102 Å². The van der Waals surface area contributed by atoms with E-state index in [0.29, 0.717) is 24.7 Å². The lowest BCUT2D eigenvalue weighted by Gasteiger charge is -2.23. The summed E-state index contributed by atoms with van der Waals surface area (Å²) >= 11 is 0. The first-order chi connectivity index (χ1) is 7.90. The van der Waals surface area contributed by atoms with Gasteiger partial charge in [-0.2, -0.15) is 4.98 Å². The van der Waals surface area contributed by atoms with E-state index in [0.717, 1.165) is 5.96 Å². The molecule has 1 heterocycles. The van der Waals surface area contributed by atoms with Crippen molar-refractivity contribution in [3.8, 4) is 0 Å². The number of nitrogens with zero attached hydrogens (tertiary/aromatic N) is 3. The van der Waals surface area contributed by atoms with Crippen molar-refractivity contribution in [2.75, 3.05) is 13.6 Å². The van der Waals surface area contributed by atoms with E-state index in [1.807, 2.05) is 0 Å². The number of aromatic nitrogens is 2. The summed E-state index contributed by atoms with van der Waals surface area (Å²) in [5.74, 6) is 2.08. The lowest BCUT2D eigenvalue weighted by atomic mass is 10.1. The second-order valence-corrected chi connectivity index (χ2v) is 4.86. The van der Waals surface area contributed by atoms with Gasteiger partial charge in [-0.15, -0.1) is 0 Å². The number of nitrogens with one attached hydrogen (secondary N) is 2. The van der Waals surface area contributed by atoms with Crippen LogP contribution in [0.1, 0.15) is 32.5 Å². The number of hydrogen-bond acceptors (Lipinski definition) is 4. The Morgan fingerprint density at radius 2 is 2.12 bits per heavy atom. The van der Waals surface area contributed by atoms with E-state index in [1.165, 1.54) is 0 Å². The Hall–Kier alpha value is -1.59. The van der Waals surface area contributed by atoms with Crippen molar-refractivity contribution in [1.82, 2.24) is 20.8 Å². The molecule has 0 saturated carbocycles. The van der Waals surface area contributed by atoms with Gasteiger partial charge in [-0.25, -0.2) is 0 Å². The Bertz CT molecular complexity index is 377. The molecule has 0 amide bonds. The Morgan fingerprint density at radius 1 is 1.41 bits per heavy atom. The monoisotopic (exact) mass is 239 g/mol. The van der Waals surface area contributed by atoms with Gasteiger partial charge in [0.2, 0.25) is 5.89 Å². The molecule has 1 aromatic rings. The average molecular weight is 239 g/mol. The molecule has 0 spiro atoms. The predicted octanol–water partition coefficient (Wildman–Crippen LogP) is 0.884. The second kappa shape index (κ2) is 5.65. The van der Waals surface area contributed by atoms with Gasteiger partial charge in [0.1, 0.15) is 0 Å². The summed E-state index contributed by atoms with van der Waals surface area (Å²) in [6.07, 6.45) is 0.686. The van der Waals surface area contributed by atoms with E-state index >= 15 is 0 Å². The number of rotatable bonds is 3. The van der Waals surface area contributed by atoms with Gasteiger partial charge in [-0.1, -0.05) is 5.16 Å². The molecule has 0 radical (unpaired) electrons. The average Bonchev–Trinajstić information content (AvgIpc) is 2.61. The summed E-state index contributed by atoms with van der Waals surface area (Å²) in [4.78, 5) is 8.27. The maximum atomic E-state index is 5.02. The molecule has 0 bridgehead atoms. The molecule has 0 aromatic carbocycles. The van der Waals surface area contributed by atoms with E-state index in [-0.39, 0.29) is 5.54 Å². The number of guanidine groups is 1. The molecule has 6 nitrogen and oxygen atoms in total. The molecule has 0 unspecified atom stereocenters. The van der Waals surface area contributed by atoms with Crippen LogP contribution in [0.2, 0.25) is 0 Å². The molecule has 0 aliphatic carbocycles. The normalized spacial score (nSPS) is 12.6. The Kier molecular flexibility index (Phi) is 4.48. The highest BCUT2D eigenvalue weighted by Crippen LogP contribution is 1.98. The molecule has 0 aliphatic rings. The van der Waals surface area contributed by atoms with Gasteiger partial charge in [0.05, 0.1) is 0 Å². The van der Waals surface area contributed by atoms with E-state index in [4.69, 9.17) is 4.52 Å². The van der Waals surface area contributed by atoms with Crippen LogP contribution in [0.25, 0.3) is 0 Å². The van der Waals surface area contributed by atoms with E-state index in [2.05, 4.69) is 46.5 Å². The Balaban J connectivity index is 2.34. The highest BCUT2D eigenvalue weighted by Gasteiger charge is 2.11.